The van der Waals surface area contributed by atoms with Crippen LogP contribution in [0.4, 0.5) is 0 Å². The molecule has 1 aliphatic rings. The van der Waals surface area contributed by atoms with Crippen molar-refractivity contribution < 1.29 is 4.74 Å². The molecule has 1 fully saturated rings. The average molecular weight is 260 g/mol. The van der Waals surface area contributed by atoms with Crippen molar-refractivity contribution >= 4 is 0 Å². The molecule has 0 radical (unpaired) electrons. The van der Waals surface area contributed by atoms with Crippen LogP contribution in [0.2, 0.25) is 0 Å². The Bertz CT molecular complexity index is 439. The summed E-state index contributed by atoms with van der Waals surface area (Å²) in [4.78, 5) is 0. The minimum Gasteiger partial charge on any atom is -0.496 e. The van der Waals surface area contributed by atoms with Gasteiger partial charge in [0.05, 0.1) is 7.11 Å². The molecule has 1 aromatic carbocycles. The maximum absolute atomic E-state index is 5.53. The molecule has 1 aliphatic carbocycles. The number of rotatable bonds is 3. The van der Waals surface area contributed by atoms with Crippen LogP contribution < -0.4 is 4.74 Å². The third-order valence-electron chi connectivity index (χ3n) is 5.06. The van der Waals surface area contributed by atoms with Crippen LogP contribution in [0.25, 0.3) is 0 Å². The zero-order valence-electron chi connectivity index (χ0n) is 13.2. The predicted molar refractivity (Wildman–Crippen MR) is 82.0 cm³/mol. The number of ether oxygens (including phenoxy) is 1. The third kappa shape index (κ3) is 3.13. The number of methoxy groups -OCH3 is 1. The van der Waals surface area contributed by atoms with Crippen molar-refractivity contribution in [2.24, 2.45) is 11.8 Å². The Balaban J connectivity index is 2.21. The Labute approximate surface area is 118 Å². The zero-order chi connectivity index (χ0) is 14.0. The van der Waals surface area contributed by atoms with E-state index < -0.39 is 0 Å². The lowest BCUT2D eigenvalue weighted by molar-refractivity contribution is 0.288. The van der Waals surface area contributed by atoms with Gasteiger partial charge in [-0.2, -0.15) is 0 Å². The normalized spacial score (nSPS) is 23.4. The van der Waals surface area contributed by atoms with Crippen molar-refractivity contribution in [1.29, 1.82) is 0 Å². The summed E-state index contributed by atoms with van der Waals surface area (Å²) in [5.41, 5.74) is 5.72. The summed E-state index contributed by atoms with van der Waals surface area (Å²) in [5, 5.41) is 0. The quantitative estimate of drug-likeness (QED) is 0.744. The molecular weight excluding hydrogens is 232 g/mol. The average Bonchev–Trinajstić information content (AvgIpc) is 2.41. The van der Waals surface area contributed by atoms with Gasteiger partial charge < -0.3 is 4.74 Å². The fourth-order valence-electron chi connectivity index (χ4n) is 3.42. The molecule has 1 nitrogen and oxygen atoms in total. The summed E-state index contributed by atoms with van der Waals surface area (Å²) < 4.78 is 5.53. The molecule has 0 N–H and O–H groups in total. The van der Waals surface area contributed by atoms with Gasteiger partial charge in [-0.05, 0) is 80.2 Å². The molecule has 0 bridgehead atoms. The Morgan fingerprint density at radius 1 is 1.05 bits per heavy atom. The standard InChI is InChI=1S/C18H28O/c1-12-6-8-16(9-7-12)11-17-14(3)13(2)10-18(19-5)15(17)4/h10,12,16H,6-9,11H2,1-5H3. The van der Waals surface area contributed by atoms with E-state index in [1.807, 2.05) is 0 Å². The van der Waals surface area contributed by atoms with Gasteiger partial charge in [-0.25, -0.2) is 0 Å². The van der Waals surface area contributed by atoms with Gasteiger partial charge >= 0.3 is 0 Å². The Kier molecular flexibility index (Phi) is 4.54. The van der Waals surface area contributed by atoms with Crippen LogP contribution in [0.5, 0.6) is 5.75 Å². The van der Waals surface area contributed by atoms with E-state index in [0.717, 1.165) is 17.6 Å². The molecule has 0 spiro atoms. The first-order valence-corrected chi connectivity index (χ1v) is 7.66. The number of hydrogen-bond donors (Lipinski definition) is 0. The van der Waals surface area contributed by atoms with Gasteiger partial charge in [0.25, 0.3) is 0 Å². The maximum atomic E-state index is 5.53. The van der Waals surface area contributed by atoms with Crippen LogP contribution >= 0.6 is 0 Å². The number of aryl methyl sites for hydroxylation is 1. The van der Waals surface area contributed by atoms with Crippen LogP contribution in [-0.2, 0) is 6.42 Å². The molecular formula is C18H28O. The molecule has 0 atom stereocenters. The highest BCUT2D eigenvalue weighted by atomic mass is 16.5. The summed E-state index contributed by atoms with van der Waals surface area (Å²) in [6.07, 6.45) is 6.85. The second-order valence-electron chi connectivity index (χ2n) is 6.45. The van der Waals surface area contributed by atoms with Gasteiger partial charge in [-0.15, -0.1) is 0 Å². The van der Waals surface area contributed by atoms with Gasteiger partial charge in [0.2, 0.25) is 0 Å². The molecule has 1 aromatic rings. The van der Waals surface area contributed by atoms with E-state index in [0.29, 0.717) is 0 Å². The highest BCUT2D eigenvalue weighted by Gasteiger charge is 2.21. The van der Waals surface area contributed by atoms with E-state index in [-0.39, 0.29) is 0 Å². The maximum Gasteiger partial charge on any atom is 0.122 e. The molecule has 0 unspecified atom stereocenters. The monoisotopic (exact) mass is 260 g/mol. The van der Waals surface area contributed by atoms with E-state index in [4.69, 9.17) is 4.74 Å². The van der Waals surface area contributed by atoms with Crippen molar-refractivity contribution in [3.05, 3.63) is 28.3 Å². The summed E-state index contributed by atoms with van der Waals surface area (Å²) >= 11 is 0. The van der Waals surface area contributed by atoms with Gasteiger partial charge in [-0.3, -0.25) is 0 Å². The van der Waals surface area contributed by atoms with Crippen molar-refractivity contribution in [2.45, 2.75) is 59.8 Å². The lowest BCUT2D eigenvalue weighted by Crippen LogP contribution is -2.16. The minimum atomic E-state index is 0.875. The smallest absolute Gasteiger partial charge is 0.122 e. The Morgan fingerprint density at radius 2 is 1.68 bits per heavy atom. The van der Waals surface area contributed by atoms with Crippen molar-refractivity contribution in [1.82, 2.24) is 0 Å². The first-order valence-electron chi connectivity index (χ1n) is 7.66. The Hall–Kier alpha value is -0.980. The van der Waals surface area contributed by atoms with Gasteiger partial charge in [0.15, 0.2) is 0 Å². The summed E-state index contributed by atoms with van der Waals surface area (Å²) in [6.45, 7) is 9.07. The first kappa shape index (κ1) is 14.4. The second kappa shape index (κ2) is 5.98. The third-order valence-corrected chi connectivity index (χ3v) is 5.06. The van der Waals surface area contributed by atoms with E-state index in [1.54, 1.807) is 7.11 Å². The predicted octanol–water partition coefficient (Wildman–Crippen LogP) is 4.99. The fourth-order valence-corrected chi connectivity index (χ4v) is 3.42. The van der Waals surface area contributed by atoms with Gasteiger partial charge in [0, 0.05) is 0 Å². The zero-order valence-corrected chi connectivity index (χ0v) is 13.2. The summed E-state index contributed by atoms with van der Waals surface area (Å²) in [5.74, 6) is 2.87. The minimum absolute atomic E-state index is 0.875. The molecule has 2 rings (SSSR count). The van der Waals surface area contributed by atoms with Crippen LogP contribution in [0.3, 0.4) is 0 Å². The number of benzene rings is 1. The van der Waals surface area contributed by atoms with Crippen molar-refractivity contribution in [3.8, 4) is 5.75 Å². The SMILES string of the molecule is COc1cc(C)c(C)c(CC2CCC(C)CC2)c1C. The summed E-state index contributed by atoms with van der Waals surface area (Å²) in [6, 6.07) is 2.18. The van der Waals surface area contributed by atoms with Gasteiger partial charge in [0.1, 0.15) is 5.75 Å². The first-order chi connectivity index (χ1) is 9.02. The van der Waals surface area contributed by atoms with Crippen molar-refractivity contribution in [3.63, 3.8) is 0 Å². The van der Waals surface area contributed by atoms with E-state index >= 15 is 0 Å². The second-order valence-corrected chi connectivity index (χ2v) is 6.45. The fraction of sp³-hybridized carbons (Fsp3) is 0.667. The highest BCUT2D eigenvalue weighted by molar-refractivity contribution is 5.48. The van der Waals surface area contributed by atoms with Crippen LogP contribution in [0.1, 0.15) is 54.9 Å². The van der Waals surface area contributed by atoms with Crippen LogP contribution in [0.15, 0.2) is 6.07 Å². The molecule has 0 aromatic heterocycles. The lowest BCUT2D eigenvalue weighted by atomic mass is 9.78. The van der Waals surface area contributed by atoms with Crippen LogP contribution in [0, 0.1) is 32.6 Å². The van der Waals surface area contributed by atoms with E-state index in [1.165, 1.54) is 54.4 Å². The van der Waals surface area contributed by atoms with Crippen molar-refractivity contribution in [2.75, 3.05) is 7.11 Å². The van der Waals surface area contributed by atoms with E-state index in [9.17, 15) is 0 Å². The number of hydrogen-bond acceptors (Lipinski definition) is 1. The molecule has 0 aliphatic heterocycles. The molecule has 106 valence electrons. The molecule has 0 amide bonds. The molecule has 1 saturated carbocycles. The lowest BCUT2D eigenvalue weighted by Gasteiger charge is -2.28. The topological polar surface area (TPSA) is 9.23 Å². The van der Waals surface area contributed by atoms with E-state index in [2.05, 4.69) is 33.8 Å². The largest absolute Gasteiger partial charge is 0.496 e. The van der Waals surface area contributed by atoms with Gasteiger partial charge in [-0.1, -0.05) is 19.8 Å². The molecule has 19 heavy (non-hydrogen) atoms. The Morgan fingerprint density at radius 3 is 2.26 bits per heavy atom. The van der Waals surface area contributed by atoms with Crippen LogP contribution in [-0.4, -0.2) is 7.11 Å². The summed E-state index contributed by atoms with van der Waals surface area (Å²) in [7, 11) is 1.78. The highest BCUT2D eigenvalue weighted by Crippen LogP contribution is 2.35. The molecule has 0 heterocycles. The molecule has 0 saturated heterocycles. The molecule has 1 heteroatoms.